The van der Waals surface area contributed by atoms with Crippen LogP contribution in [0.3, 0.4) is 0 Å². The Kier molecular flexibility index (Phi) is 3.73. The first-order valence-corrected chi connectivity index (χ1v) is 6.84. The Morgan fingerprint density at radius 3 is 2.77 bits per heavy atom. The standard InChI is InChI=1S/C16H13F2N3O/c17-11-2-3-14(18)13(5-11)15-6-12(22)9-21(15)16-4-1-10(7-19)8-20-16/h1-5,8,12,15,22H,6,9H2/t12-,15+/m0/s1. The van der Waals surface area contributed by atoms with E-state index in [0.29, 0.717) is 17.8 Å². The second kappa shape index (κ2) is 5.70. The van der Waals surface area contributed by atoms with Crippen LogP contribution in [0.5, 0.6) is 0 Å². The van der Waals surface area contributed by atoms with Crippen molar-refractivity contribution in [2.75, 3.05) is 11.4 Å². The van der Waals surface area contributed by atoms with E-state index in [-0.39, 0.29) is 12.1 Å². The average Bonchev–Trinajstić information content (AvgIpc) is 2.91. The number of rotatable bonds is 2. The lowest BCUT2D eigenvalue weighted by Crippen LogP contribution is -2.25. The highest BCUT2D eigenvalue weighted by Gasteiger charge is 2.34. The molecule has 2 heterocycles. The Balaban J connectivity index is 1.98. The highest BCUT2D eigenvalue weighted by atomic mass is 19.1. The summed E-state index contributed by atoms with van der Waals surface area (Å²) in [6.45, 7) is 0.277. The van der Waals surface area contributed by atoms with Crippen LogP contribution in [0.4, 0.5) is 14.6 Å². The zero-order chi connectivity index (χ0) is 15.7. The summed E-state index contributed by atoms with van der Waals surface area (Å²) in [7, 11) is 0. The number of nitrogens with zero attached hydrogens (tertiary/aromatic N) is 3. The summed E-state index contributed by atoms with van der Waals surface area (Å²) in [4.78, 5) is 5.90. The van der Waals surface area contributed by atoms with Gasteiger partial charge in [0.05, 0.1) is 17.7 Å². The van der Waals surface area contributed by atoms with E-state index < -0.39 is 23.8 Å². The van der Waals surface area contributed by atoms with E-state index in [1.807, 2.05) is 6.07 Å². The summed E-state index contributed by atoms with van der Waals surface area (Å²) in [6.07, 6.45) is 1.06. The molecule has 0 bridgehead atoms. The molecule has 2 atom stereocenters. The molecule has 0 spiro atoms. The molecule has 1 aromatic heterocycles. The van der Waals surface area contributed by atoms with Gasteiger partial charge < -0.3 is 10.0 Å². The van der Waals surface area contributed by atoms with Crippen molar-refractivity contribution in [1.29, 1.82) is 5.26 Å². The van der Waals surface area contributed by atoms with Gasteiger partial charge in [-0.05, 0) is 36.8 Å². The van der Waals surface area contributed by atoms with E-state index in [1.165, 1.54) is 6.20 Å². The predicted molar refractivity (Wildman–Crippen MR) is 76.0 cm³/mol. The van der Waals surface area contributed by atoms with Crippen molar-refractivity contribution in [1.82, 2.24) is 4.98 Å². The van der Waals surface area contributed by atoms with Gasteiger partial charge in [0.25, 0.3) is 0 Å². The third kappa shape index (κ3) is 2.63. The van der Waals surface area contributed by atoms with Gasteiger partial charge in [-0.2, -0.15) is 5.26 Å². The van der Waals surface area contributed by atoms with E-state index in [0.717, 1.165) is 18.2 Å². The minimum absolute atomic E-state index is 0.197. The lowest BCUT2D eigenvalue weighted by molar-refractivity contribution is 0.194. The van der Waals surface area contributed by atoms with Crippen molar-refractivity contribution in [3.8, 4) is 6.07 Å². The normalized spacial score (nSPS) is 20.9. The van der Waals surface area contributed by atoms with Gasteiger partial charge in [-0.15, -0.1) is 0 Å². The molecule has 0 radical (unpaired) electrons. The number of pyridine rings is 1. The minimum atomic E-state index is -0.648. The fourth-order valence-electron chi connectivity index (χ4n) is 2.75. The van der Waals surface area contributed by atoms with E-state index >= 15 is 0 Å². The summed E-state index contributed by atoms with van der Waals surface area (Å²) in [6, 6.07) is 8.02. The molecule has 2 aromatic rings. The summed E-state index contributed by atoms with van der Waals surface area (Å²) in [5.41, 5.74) is 0.611. The Bertz CT molecular complexity index is 727. The van der Waals surface area contributed by atoms with Crippen LogP contribution < -0.4 is 4.90 Å². The number of aliphatic hydroxyl groups excluding tert-OH is 1. The van der Waals surface area contributed by atoms with Gasteiger partial charge in [-0.25, -0.2) is 13.8 Å². The smallest absolute Gasteiger partial charge is 0.129 e. The van der Waals surface area contributed by atoms with Gasteiger partial charge in [0.1, 0.15) is 23.5 Å². The number of aliphatic hydroxyl groups is 1. The van der Waals surface area contributed by atoms with Crippen LogP contribution in [0.1, 0.15) is 23.6 Å². The highest BCUT2D eigenvalue weighted by Crippen LogP contribution is 2.36. The fourth-order valence-corrected chi connectivity index (χ4v) is 2.75. The van der Waals surface area contributed by atoms with Crippen LogP contribution in [0, 0.1) is 23.0 Å². The van der Waals surface area contributed by atoms with Crippen LogP contribution >= 0.6 is 0 Å². The molecule has 112 valence electrons. The topological polar surface area (TPSA) is 60.2 Å². The quantitative estimate of drug-likeness (QED) is 0.926. The Morgan fingerprint density at radius 1 is 1.27 bits per heavy atom. The van der Waals surface area contributed by atoms with Gasteiger partial charge in [0.15, 0.2) is 0 Å². The number of hydrogen-bond donors (Lipinski definition) is 1. The molecule has 1 aromatic carbocycles. The van der Waals surface area contributed by atoms with Gasteiger partial charge in [0, 0.05) is 18.3 Å². The largest absolute Gasteiger partial charge is 0.391 e. The van der Waals surface area contributed by atoms with Crippen LogP contribution in [0.2, 0.25) is 0 Å². The van der Waals surface area contributed by atoms with Crippen molar-refractivity contribution in [3.63, 3.8) is 0 Å². The number of β-amino-alcohol motifs (C(OH)–C–C–N with tert-alkyl or cyclic N) is 1. The number of halogens is 2. The number of anilines is 1. The minimum Gasteiger partial charge on any atom is -0.391 e. The van der Waals surface area contributed by atoms with Crippen molar-refractivity contribution in [3.05, 3.63) is 59.3 Å². The van der Waals surface area contributed by atoms with Gasteiger partial charge in [-0.1, -0.05) is 0 Å². The van der Waals surface area contributed by atoms with Crippen LogP contribution in [0.15, 0.2) is 36.5 Å². The number of benzene rings is 1. The van der Waals surface area contributed by atoms with Crippen LogP contribution in [0.25, 0.3) is 0 Å². The second-order valence-corrected chi connectivity index (χ2v) is 5.24. The zero-order valence-corrected chi connectivity index (χ0v) is 11.6. The monoisotopic (exact) mass is 301 g/mol. The van der Waals surface area contributed by atoms with Crippen LogP contribution in [-0.4, -0.2) is 22.7 Å². The molecule has 6 heteroatoms. The van der Waals surface area contributed by atoms with Crippen molar-refractivity contribution < 1.29 is 13.9 Å². The number of aromatic nitrogens is 1. The molecule has 0 unspecified atom stereocenters. The van der Waals surface area contributed by atoms with Crippen molar-refractivity contribution in [2.24, 2.45) is 0 Å². The van der Waals surface area contributed by atoms with Gasteiger partial charge in [0.2, 0.25) is 0 Å². The fraction of sp³-hybridized carbons (Fsp3) is 0.250. The molecule has 1 aliphatic heterocycles. The summed E-state index contributed by atoms with van der Waals surface area (Å²) < 4.78 is 27.4. The molecule has 1 N–H and O–H groups in total. The first-order valence-electron chi connectivity index (χ1n) is 6.84. The predicted octanol–water partition coefficient (Wildman–Crippen LogP) is 2.54. The molecule has 0 saturated carbocycles. The number of hydrogen-bond acceptors (Lipinski definition) is 4. The first-order chi connectivity index (χ1) is 10.6. The molecule has 0 aliphatic carbocycles. The molecule has 0 amide bonds. The summed E-state index contributed by atoms with van der Waals surface area (Å²) in [5, 5.41) is 18.7. The van der Waals surface area contributed by atoms with E-state index in [2.05, 4.69) is 4.98 Å². The van der Waals surface area contributed by atoms with E-state index in [9.17, 15) is 13.9 Å². The Hall–Kier alpha value is -2.52. The van der Waals surface area contributed by atoms with Crippen LogP contribution in [-0.2, 0) is 0 Å². The molecule has 1 fully saturated rings. The summed E-state index contributed by atoms with van der Waals surface area (Å²) in [5.74, 6) is -0.520. The van der Waals surface area contributed by atoms with E-state index in [1.54, 1.807) is 17.0 Å². The lowest BCUT2D eigenvalue weighted by Gasteiger charge is -2.26. The average molecular weight is 301 g/mol. The highest BCUT2D eigenvalue weighted by molar-refractivity contribution is 5.47. The van der Waals surface area contributed by atoms with E-state index in [4.69, 9.17) is 5.26 Å². The summed E-state index contributed by atoms with van der Waals surface area (Å²) >= 11 is 0. The van der Waals surface area contributed by atoms with Gasteiger partial charge in [-0.3, -0.25) is 0 Å². The third-order valence-electron chi connectivity index (χ3n) is 3.77. The van der Waals surface area contributed by atoms with Crippen molar-refractivity contribution >= 4 is 5.82 Å². The Labute approximate surface area is 126 Å². The Morgan fingerprint density at radius 2 is 2.09 bits per heavy atom. The maximum absolute atomic E-state index is 14.0. The molecule has 1 saturated heterocycles. The second-order valence-electron chi connectivity index (χ2n) is 5.24. The van der Waals surface area contributed by atoms with Gasteiger partial charge >= 0.3 is 0 Å². The molecular formula is C16H13F2N3O. The van der Waals surface area contributed by atoms with Crippen molar-refractivity contribution in [2.45, 2.75) is 18.6 Å². The molecule has 1 aliphatic rings. The molecular weight excluding hydrogens is 288 g/mol. The lowest BCUT2D eigenvalue weighted by atomic mass is 10.0. The number of nitriles is 1. The SMILES string of the molecule is N#Cc1ccc(N2C[C@@H](O)C[C@@H]2c2cc(F)ccc2F)nc1. The zero-order valence-electron chi connectivity index (χ0n) is 11.6. The maximum Gasteiger partial charge on any atom is 0.129 e. The molecule has 4 nitrogen and oxygen atoms in total. The maximum atomic E-state index is 14.0. The molecule has 3 rings (SSSR count). The third-order valence-corrected chi connectivity index (χ3v) is 3.77. The molecule has 22 heavy (non-hydrogen) atoms. The first kappa shape index (κ1) is 14.4.